The monoisotopic (exact) mass is 425 g/mol. The predicted octanol–water partition coefficient (Wildman–Crippen LogP) is 2.05. The van der Waals surface area contributed by atoms with E-state index in [0.717, 1.165) is 32.1 Å². The summed E-state index contributed by atoms with van der Waals surface area (Å²) in [5.41, 5.74) is 0. The van der Waals surface area contributed by atoms with Gasteiger partial charge in [-0.25, -0.2) is 5.06 Å². The number of hydroxylamine groups is 2. The molecule has 2 aliphatic rings. The van der Waals surface area contributed by atoms with Crippen LogP contribution >= 0.6 is 0 Å². The van der Waals surface area contributed by atoms with Crippen molar-refractivity contribution < 1.29 is 24.3 Å². The summed E-state index contributed by atoms with van der Waals surface area (Å²) < 4.78 is 5.30. The third kappa shape index (κ3) is 5.72. The van der Waals surface area contributed by atoms with E-state index in [4.69, 9.17) is 4.74 Å². The average molecular weight is 426 g/mol. The normalized spacial score (nSPS) is 26.0. The van der Waals surface area contributed by atoms with Crippen LogP contribution < -0.4 is 5.32 Å². The lowest BCUT2D eigenvalue weighted by Crippen LogP contribution is -2.54. The summed E-state index contributed by atoms with van der Waals surface area (Å²) in [5.74, 6) is -1.35. The van der Waals surface area contributed by atoms with Crippen LogP contribution in [0, 0.1) is 23.7 Å². The molecule has 2 fully saturated rings. The summed E-state index contributed by atoms with van der Waals surface area (Å²) >= 11 is 0. The van der Waals surface area contributed by atoms with Crippen molar-refractivity contribution >= 4 is 18.2 Å². The molecule has 0 aromatic heterocycles. The van der Waals surface area contributed by atoms with Gasteiger partial charge in [0.2, 0.25) is 18.2 Å². The standard InChI is InChI=1S/C22H39N3O5/c1-5-6-8-16-12-23-21(27)19(16)20(25(29)14-26)18(11-15(2)3)22(28)24-10-7-9-17(24)13-30-4/h14-20,29H,5-13H2,1-4H3,(H,23,27)/t16-,17?,18+,19-,20?/m1/s1. The molecule has 0 saturated carbocycles. The lowest BCUT2D eigenvalue weighted by atomic mass is 9.76. The molecule has 0 aliphatic carbocycles. The first-order valence-corrected chi connectivity index (χ1v) is 11.3. The van der Waals surface area contributed by atoms with Gasteiger partial charge in [-0.3, -0.25) is 19.6 Å². The SMILES string of the molecule is CCCC[C@@H]1CNC(=O)[C@H]1C([C@H](CC(C)C)C(=O)N1CCCC1COC)N(O)C=O. The number of nitrogens with one attached hydrogen (secondary N) is 1. The molecule has 2 saturated heterocycles. The van der Waals surface area contributed by atoms with E-state index in [0.29, 0.717) is 37.6 Å². The van der Waals surface area contributed by atoms with Crippen LogP contribution in [0.5, 0.6) is 0 Å². The summed E-state index contributed by atoms with van der Waals surface area (Å²) in [6.45, 7) is 7.74. The Hall–Kier alpha value is -1.67. The molecular formula is C22H39N3O5. The Morgan fingerprint density at radius 1 is 1.43 bits per heavy atom. The minimum absolute atomic E-state index is 0.00511. The second-order valence-electron chi connectivity index (χ2n) is 9.17. The van der Waals surface area contributed by atoms with E-state index >= 15 is 0 Å². The maximum absolute atomic E-state index is 13.7. The van der Waals surface area contributed by atoms with E-state index in [1.54, 1.807) is 7.11 Å². The van der Waals surface area contributed by atoms with Crippen LogP contribution in [0.2, 0.25) is 0 Å². The summed E-state index contributed by atoms with van der Waals surface area (Å²) in [4.78, 5) is 40.0. The van der Waals surface area contributed by atoms with Gasteiger partial charge in [-0.05, 0) is 37.5 Å². The largest absolute Gasteiger partial charge is 0.383 e. The van der Waals surface area contributed by atoms with E-state index in [2.05, 4.69) is 12.2 Å². The van der Waals surface area contributed by atoms with Crippen LogP contribution in [0.3, 0.4) is 0 Å². The zero-order chi connectivity index (χ0) is 22.3. The predicted molar refractivity (Wildman–Crippen MR) is 113 cm³/mol. The molecular weight excluding hydrogens is 386 g/mol. The maximum Gasteiger partial charge on any atom is 0.233 e. The van der Waals surface area contributed by atoms with Gasteiger partial charge < -0.3 is 15.0 Å². The molecule has 0 radical (unpaired) electrons. The molecule has 0 bridgehead atoms. The van der Waals surface area contributed by atoms with Gasteiger partial charge in [0.25, 0.3) is 0 Å². The van der Waals surface area contributed by atoms with Crippen molar-refractivity contribution in [2.75, 3.05) is 26.8 Å². The summed E-state index contributed by atoms with van der Waals surface area (Å²) in [6, 6.07) is -0.875. The van der Waals surface area contributed by atoms with Gasteiger partial charge in [-0.1, -0.05) is 33.6 Å². The third-order valence-electron chi connectivity index (χ3n) is 6.53. The fourth-order valence-electron chi connectivity index (χ4n) is 5.14. The minimum atomic E-state index is -0.870. The van der Waals surface area contributed by atoms with Crippen LogP contribution in [0.4, 0.5) is 0 Å². The summed E-state index contributed by atoms with van der Waals surface area (Å²) in [5, 5.41) is 14.1. The second kappa shape index (κ2) is 11.6. The summed E-state index contributed by atoms with van der Waals surface area (Å²) in [7, 11) is 1.62. The van der Waals surface area contributed by atoms with Crippen molar-refractivity contribution in [2.24, 2.45) is 23.7 Å². The van der Waals surface area contributed by atoms with Crippen LogP contribution in [0.1, 0.15) is 59.3 Å². The van der Waals surface area contributed by atoms with Gasteiger partial charge >= 0.3 is 0 Å². The second-order valence-corrected chi connectivity index (χ2v) is 9.17. The molecule has 0 spiro atoms. The minimum Gasteiger partial charge on any atom is -0.383 e. The molecule has 0 aromatic rings. The number of carbonyl (C=O) groups excluding carboxylic acids is 3. The lowest BCUT2D eigenvalue weighted by molar-refractivity contribution is -0.180. The molecule has 5 atom stereocenters. The number of hydrogen-bond acceptors (Lipinski definition) is 5. The topological polar surface area (TPSA) is 99.2 Å². The van der Waals surface area contributed by atoms with Crippen molar-refractivity contribution in [2.45, 2.75) is 71.4 Å². The zero-order valence-electron chi connectivity index (χ0n) is 18.9. The van der Waals surface area contributed by atoms with Crippen molar-refractivity contribution in [3.05, 3.63) is 0 Å². The van der Waals surface area contributed by atoms with Crippen LogP contribution in [-0.2, 0) is 19.1 Å². The number of ether oxygens (including phenoxy) is 1. The van der Waals surface area contributed by atoms with E-state index in [1.165, 1.54) is 0 Å². The molecule has 3 amide bonds. The third-order valence-corrected chi connectivity index (χ3v) is 6.53. The van der Waals surface area contributed by atoms with Gasteiger partial charge in [0.05, 0.1) is 30.5 Å². The molecule has 30 heavy (non-hydrogen) atoms. The van der Waals surface area contributed by atoms with Crippen molar-refractivity contribution in [3.8, 4) is 0 Å². The van der Waals surface area contributed by atoms with Crippen molar-refractivity contribution in [3.63, 3.8) is 0 Å². The molecule has 2 rings (SSSR count). The van der Waals surface area contributed by atoms with Gasteiger partial charge in [0.15, 0.2) is 0 Å². The number of unbranched alkanes of at least 4 members (excludes halogenated alkanes) is 1. The Morgan fingerprint density at radius 3 is 2.77 bits per heavy atom. The molecule has 2 unspecified atom stereocenters. The zero-order valence-corrected chi connectivity index (χ0v) is 18.9. The highest BCUT2D eigenvalue weighted by Crippen LogP contribution is 2.36. The van der Waals surface area contributed by atoms with Crippen LogP contribution in [-0.4, -0.2) is 72.3 Å². The van der Waals surface area contributed by atoms with Gasteiger partial charge in [0.1, 0.15) is 0 Å². The molecule has 2 N–H and O–H groups in total. The molecule has 172 valence electrons. The molecule has 8 heteroatoms. The Labute approximate surface area is 180 Å². The fourth-order valence-corrected chi connectivity index (χ4v) is 5.14. The van der Waals surface area contributed by atoms with E-state index in [-0.39, 0.29) is 29.7 Å². The van der Waals surface area contributed by atoms with E-state index in [9.17, 15) is 19.6 Å². The smallest absolute Gasteiger partial charge is 0.233 e. The Balaban J connectivity index is 2.38. The van der Waals surface area contributed by atoms with E-state index in [1.807, 2.05) is 18.7 Å². The molecule has 8 nitrogen and oxygen atoms in total. The maximum atomic E-state index is 13.7. The average Bonchev–Trinajstić information content (AvgIpc) is 3.32. The first-order chi connectivity index (χ1) is 14.3. The quantitative estimate of drug-likeness (QED) is 0.283. The number of hydrogen-bond donors (Lipinski definition) is 2. The number of carbonyl (C=O) groups is 3. The van der Waals surface area contributed by atoms with Gasteiger partial charge in [-0.15, -0.1) is 0 Å². The Morgan fingerprint density at radius 2 is 2.17 bits per heavy atom. The highest BCUT2D eigenvalue weighted by molar-refractivity contribution is 5.85. The first kappa shape index (κ1) is 24.6. The number of likely N-dealkylation sites (tertiary alicyclic amines) is 1. The van der Waals surface area contributed by atoms with Crippen LogP contribution in [0.15, 0.2) is 0 Å². The summed E-state index contributed by atoms with van der Waals surface area (Å²) in [6.07, 6.45) is 5.39. The Kier molecular flexibility index (Phi) is 9.55. The number of methoxy groups -OCH3 is 1. The number of nitrogens with zero attached hydrogens (tertiary/aromatic N) is 2. The van der Waals surface area contributed by atoms with Gasteiger partial charge in [0, 0.05) is 20.2 Å². The number of rotatable bonds is 12. The Bertz CT molecular complexity index is 585. The first-order valence-electron chi connectivity index (χ1n) is 11.3. The van der Waals surface area contributed by atoms with E-state index < -0.39 is 17.9 Å². The van der Waals surface area contributed by atoms with Crippen molar-refractivity contribution in [1.82, 2.24) is 15.3 Å². The highest BCUT2D eigenvalue weighted by atomic mass is 16.5. The lowest BCUT2D eigenvalue weighted by Gasteiger charge is -2.39. The molecule has 2 heterocycles. The fraction of sp³-hybridized carbons (Fsp3) is 0.864. The van der Waals surface area contributed by atoms with Gasteiger partial charge in [-0.2, -0.15) is 0 Å². The van der Waals surface area contributed by atoms with Crippen molar-refractivity contribution in [1.29, 1.82) is 0 Å². The van der Waals surface area contributed by atoms with Crippen LogP contribution in [0.25, 0.3) is 0 Å². The molecule has 0 aromatic carbocycles. The highest BCUT2D eigenvalue weighted by Gasteiger charge is 2.49. The number of amides is 3. The molecule has 2 aliphatic heterocycles.